The van der Waals surface area contributed by atoms with Crippen LogP contribution in [0.1, 0.15) is 88.5 Å². The second-order valence-corrected chi connectivity index (χ2v) is 27.4. The maximum absolute atomic E-state index is 13.8. The van der Waals surface area contributed by atoms with Crippen LogP contribution in [0.2, 0.25) is 10.1 Å². The number of benzene rings is 4. The highest BCUT2D eigenvalue weighted by molar-refractivity contribution is 7.00. The standard InChI is InChI=1S/C49H67NO6Si2/c1-38(51)55-45-43(46(52)56-47(2,3)4)32-23-33-44(45)50(34-36-53-57(48(5,6)7,39-24-15-11-16-25-39)40-26-17-12-18-27-40)35-37-54-58(49(8,9)10,41-28-19-13-20-29-41)42-30-21-14-22-31-42/h11-22,24-31,43-45H,23,32-37H2,1-10H3/t43-,44-,45-/m0/s1. The zero-order valence-corrected chi connectivity index (χ0v) is 38.6. The van der Waals surface area contributed by atoms with Gasteiger partial charge in [-0.25, -0.2) is 0 Å². The van der Waals surface area contributed by atoms with Crippen LogP contribution in [0, 0.1) is 5.92 Å². The average Bonchev–Trinajstić information content (AvgIpc) is 3.17. The van der Waals surface area contributed by atoms with Crippen LogP contribution in [0.5, 0.6) is 0 Å². The third kappa shape index (κ3) is 10.3. The molecule has 1 fully saturated rings. The normalized spacial score (nSPS) is 18.2. The lowest BCUT2D eigenvalue weighted by atomic mass is 9.81. The average molecular weight is 822 g/mol. The van der Waals surface area contributed by atoms with Crippen LogP contribution in [0.3, 0.4) is 0 Å². The predicted octanol–water partition coefficient (Wildman–Crippen LogP) is 7.88. The molecule has 5 rings (SSSR count). The summed E-state index contributed by atoms with van der Waals surface area (Å²) in [7, 11) is -5.70. The Morgan fingerprint density at radius 1 is 0.586 bits per heavy atom. The smallest absolute Gasteiger partial charge is 0.313 e. The van der Waals surface area contributed by atoms with Gasteiger partial charge in [-0.05, 0) is 64.4 Å². The van der Waals surface area contributed by atoms with Crippen LogP contribution in [0.4, 0.5) is 0 Å². The molecule has 0 amide bonds. The molecular formula is C49H67NO6Si2. The van der Waals surface area contributed by atoms with Crippen molar-refractivity contribution in [2.45, 2.75) is 116 Å². The third-order valence-electron chi connectivity index (χ3n) is 11.5. The van der Waals surface area contributed by atoms with Crippen LogP contribution in [-0.2, 0) is 27.9 Å². The van der Waals surface area contributed by atoms with Gasteiger partial charge in [0.05, 0.1) is 5.92 Å². The van der Waals surface area contributed by atoms with Crippen molar-refractivity contribution in [2.75, 3.05) is 26.3 Å². The first kappa shape index (κ1) is 45.2. The van der Waals surface area contributed by atoms with Crippen LogP contribution >= 0.6 is 0 Å². The molecular weight excluding hydrogens is 755 g/mol. The van der Waals surface area contributed by atoms with E-state index < -0.39 is 40.2 Å². The van der Waals surface area contributed by atoms with Gasteiger partial charge in [-0.2, -0.15) is 0 Å². The summed E-state index contributed by atoms with van der Waals surface area (Å²) in [5, 5.41) is 4.48. The van der Waals surface area contributed by atoms with E-state index in [1.165, 1.54) is 27.7 Å². The molecule has 0 radical (unpaired) electrons. The first-order chi connectivity index (χ1) is 27.4. The minimum Gasteiger partial charge on any atom is -0.460 e. The Morgan fingerprint density at radius 2 is 0.948 bits per heavy atom. The van der Waals surface area contributed by atoms with Crippen molar-refractivity contribution in [2.24, 2.45) is 5.92 Å². The van der Waals surface area contributed by atoms with E-state index in [1.807, 2.05) is 20.8 Å². The number of carbonyl (C=O) groups is 2. The second-order valence-electron chi connectivity index (χ2n) is 18.8. The fraction of sp³-hybridized carbons (Fsp3) is 0.469. The molecule has 0 bridgehead atoms. The number of ether oxygens (including phenoxy) is 2. The molecule has 4 aromatic rings. The third-order valence-corrected chi connectivity index (χ3v) is 21.6. The molecule has 0 spiro atoms. The highest BCUT2D eigenvalue weighted by Crippen LogP contribution is 2.39. The predicted molar refractivity (Wildman–Crippen MR) is 241 cm³/mol. The zero-order valence-electron chi connectivity index (χ0n) is 36.6. The first-order valence-electron chi connectivity index (χ1n) is 21.0. The van der Waals surface area contributed by atoms with E-state index in [0.717, 1.165) is 12.8 Å². The molecule has 1 aliphatic rings. The quantitative estimate of drug-likeness (QED) is 0.0893. The van der Waals surface area contributed by atoms with E-state index in [9.17, 15) is 9.59 Å². The number of carbonyl (C=O) groups excluding carboxylic acids is 2. The lowest BCUT2D eigenvalue weighted by Gasteiger charge is -2.46. The molecule has 58 heavy (non-hydrogen) atoms. The molecule has 4 aromatic carbocycles. The Bertz CT molecular complexity index is 1700. The van der Waals surface area contributed by atoms with E-state index >= 15 is 0 Å². The summed E-state index contributed by atoms with van der Waals surface area (Å²) in [6.45, 7) is 22.8. The molecule has 0 aliphatic heterocycles. The van der Waals surface area contributed by atoms with E-state index in [-0.39, 0.29) is 22.1 Å². The molecule has 9 heteroatoms. The second kappa shape index (κ2) is 19.0. The largest absolute Gasteiger partial charge is 0.460 e. The molecule has 312 valence electrons. The van der Waals surface area contributed by atoms with Gasteiger partial charge in [0.2, 0.25) is 0 Å². The maximum atomic E-state index is 13.8. The topological polar surface area (TPSA) is 74.3 Å². The Balaban J connectivity index is 1.55. The summed E-state index contributed by atoms with van der Waals surface area (Å²) in [5.41, 5.74) is -0.669. The van der Waals surface area contributed by atoms with E-state index in [1.54, 1.807) is 0 Å². The molecule has 0 aromatic heterocycles. The van der Waals surface area contributed by atoms with Gasteiger partial charge in [0.15, 0.2) is 0 Å². The molecule has 0 unspecified atom stereocenters. The molecule has 0 N–H and O–H groups in total. The van der Waals surface area contributed by atoms with E-state index in [4.69, 9.17) is 18.3 Å². The van der Waals surface area contributed by atoms with Crippen LogP contribution < -0.4 is 20.7 Å². The summed E-state index contributed by atoms with van der Waals surface area (Å²) in [6.07, 6.45) is 1.47. The minimum atomic E-state index is -2.85. The van der Waals surface area contributed by atoms with Gasteiger partial charge in [-0.15, -0.1) is 0 Å². The first-order valence-corrected chi connectivity index (χ1v) is 24.9. The lowest BCUT2D eigenvalue weighted by Crippen LogP contribution is -2.67. The number of nitrogens with zero attached hydrogens (tertiary/aromatic N) is 1. The molecule has 0 heterocycles. The summed E-state index contributed by atoms with van der Waals surface area (Å²) < 4.78 is 27.0. The van der Waals surface area contributed by atoms with Crippen molar-refractivity contribution in [1.82, 2.24) is 4.90 Å². The molecule has 7 nitrogen and oxygen atoms in total. The number of hydrogen-bond donors (Lipinski definition) is 0. The highest BCUT2D eigenvalue weighted by Gasteiger charge is 2.52. The number of hydrogen-bond acceptors (Lipinski definition) is 7. The SMILES string of the molecule is CC(=O)O[C@H]1[C@@H](C(=O)OC(C)(C)C)CCC[C@@H]1N(CCO[Si](c1ccccc1)(c1ccccc1)C(C)(C)C)CCO[Si](c1ccccc1)(c1ccccc1)C(C)(C)C. The molecule has 1 aliphatic carbocycles. The van der Waals surface area contributed by atoms with Crippen molar-refractivity contribution in [3.63, 3.8) is 0 Å². The van der Waals surface area contributed by atoms with Crippen molar-refractivity contribution < 1.29 is 27.9 Å². The minimum absolute atomic E-state index is 0.195. The van der Waals surface area contributed by atoms with Crippen molar-refractivity contribution in [3.05, 3.63) is 121 Å². The lowest BCUT2D eigenvalue weighted by molar-refractivity contribution is -0.176. The Hall–Kier alpha value is -3.87. The van der Waals surface area contributed by atoms with Crippen molar-refractivity contribution >= 4 is 49.3 Å². The summed E-state index contributed by atoms with van der Waals surface area (Å²) in [6, 6.07) is 42.5. The van der Waals surface area contributed by atoms with Gasteiger partial charge < -0.3 is 18.3 Å². The van der Waals surface area contributed by atoms with Gasteiger partial charge in [0, 0.05) is 39.3 Å². The van der Waals surface area contributed by atoms with Gasteiger partial charge in [0.25, 0.3) is 16.6 Å². The van der Waals surface area contributed by atoms with Crippen LogP contribution in [0.25, 0.3) is 0 Å². The van der Waals surface area contributed by atoms with Gasteiger partial charge in [0.1, 0.15) is 11.7 Å². The molecule has 0 saturated heterocycles. The Kier molecular flexibility index (Phi) is 14.8. The van der Waals surface area contributed by atoms with Crippen molar-refractivity contribution in [3.8, 4) is 0 Å². The van der Waals surface area contributed by atoms with Crippen LogP contribution in [0.15, 0.2) is 121 Å². The number of rotatable bonds is 15. The van der Waals surface area contributed by atoms with E-state index in [2.05, 4.69) is 168 Å². The summed E-state index contributed by atoms with van der Waals surface area (Å²) >= 11 is 0. The molecule has 3 atom stereocenters. The Labute approximate surface area is 350 Å². The zero-order chi connectivity index (χ0) is 42.2. The highest BCUT2D eigenvalue weighted by atomic mass is 28.4. The van der Waals surface area contributed by atoms with Crippen LogP contribution in [-0.4, -0.2) is 77.5 Å². The fourth-order valence-electron chi connectivity index (χ4n) is 9.11. The van der Waals surface area contributed by atoms with Gasteiger partial charge in [-0.3, -0.25) is 14.5 Å². The Morgan fingerprint density at radius 3 is 1.26 bits per heavy atom. The monoisotopic (exact) mass is 821 g/mol. The van der Waals surface area contributed by atoms with E-state index in [0.29, 0.717) is 32.7 Å². The maximum Gasteiger partial charge on any atom is 0.313 e. The fourth-order valence-corrected chi connectivity index (χ4v) is 18.2. The van der Waals surface area contributed by atoms with Gasteiger partial charge in [-0.1, -0.05) is 169 Å². The summed E-state index contributed by atoms with van der Waals surface area (Å²) in [4.78, 5) is 29.1. The number of esters is 2. The van der Waals surface area contributed by atoms with Gasteiger partial charge >= 0.3 is 11.9 Å². The van der Waals surface area contributed by atoms with Crippen molar-refractivity contribution in [1.29, 1.82) is 0 Å². The summed E-state index contributed by atoms with van der Waals surface area (Å²) in [5.74, 6) is -1.31. The molecule has 1 saturated carbocycles.